The van der Waals surface area contributed by atoms with Crippen molar-refractivity contribution in [1.82, 2.24) is 0 Å². The zero-order valence-corrected chi connectivity index (χ0v) is 41.7. The molecule has 0 saturated heterocycles. The van der Waals surface area contributed by atoms with Crippen molar-refractivity contribution >= 4 is 17.9 Å². The second-order valence-corrected chi connectivity index (χ2v) is 16.7. The summed E-state index contributed by atoms with van der Waals surface area (Å²) in [4.78, 5) is 37.9. The first-order chi connectivity index (χ1) is 32.0. The van der Waals surface area contributed by atoms with Crippen LogP contribution in [0, 0.1) is 0 Å². The maximum Gasteiger partial charge on any atom is 0.306 e. The lowest BCUT2D eigenvalue weighted by atomic mass is 10.1. The van der Waals surface area contributed by atoms with Gasteiger partial charge in [-0.1, -0.05) is 206 Å². The van der Waals surface area contributed by atoms with Crippen molar-refractivity contribution in [2.45, 2.75) is 219 Å². The minimum absolute atomic E-state index is 0.119. The molecule has 0 aromatic heterocycles. The summed E-state index contributed by atoms with van der Waals surface area (Å²) < 4.78 is 16.7. The first kappa shape index (κ1) is 60.8. The predicted octanol–water partition coefficient (Wildman–Crippen LogP) is 17.3. The number of carbonyl (C=O) groups excluding carboxylic acids is 3. The lowest BCUT2D eigenvalue weighted by molar-refractivity contribution is -0.166. The zero-order chi connectivity index (χ0) is 47.2. The van der Waals surface area contributed by atoms with Gasteiger partial charge < -0.3 is 14.2 Å². The molecule has 0 aliphatic rings. The van der Waals surface area contributed by atoms with Crippen molar-refractivity contribution < 1.29 is 28.6 Å². The fourth-order valence-corrected chi connectivity index (χ4v) is 6.60. The molecule has 65 heavy (non-hydrogen) atoms. The molecule has 6 heteroatoms. The molecule has 0 rings (SSSR count). The summed E-state index contributed by atoms with van der Waals surface area (Å²) in [5.41, 5.74) is 0. The van der Waals surface area contributed by atoms with Crippen LogP contribution in [0.15, 0.2) is 122 Å². The monoisotopic (exact) mass is 899 g/mol. The van der Waals surface area contributed by atoms with Gasteiger partial charge in [-0.3, -0.25) is 14.4 Å². The number of carbonyl (C=O) groups is 3. The highest BCUT2D eigenvalue weighted by atomic mass is 16.6. The predicted molar refractivity (Wildman–Crippen MR) is 279 cm³/mol. The highest BCUT2D eigenvalue weighted by Gasteiger charge is 2.19. The molecule has 0 saturated carbocycles. The minimum Gasteiger partial charge on any atom is -0.462 e. The van der Waals surface area contributed by atoms with E-state index < -0.39 is 12.1 Å². The van der Waals surface area contributed by atoms with Crippen molar-refractivity contribution in [3.8, 4) is 0 Å². The zero-order valence-electron chi connectivity index (χ0n) is 41.7. The topological polar surface area (TPSA) is 78.9 Å². The van der Waals surface area contributed by atoms with Gasteiger partial charge in [-0.05, 0) is 109 Å². The summed E-state index contributed by atoms with van der Waals surface area (Å²) in [5, 5.41) is 0. The molecule has 0 radical (unpaired) electrons. The number of allylic oxidation sites excluding steroid dienone is 20. The second-order valence-electron chi connectivity index (χ2n) is 16.7. The van der Waals surface area contributed by atoms with Crippen molar-refractivity contribution in [3.05, 3.63) is 122 Å². The van der Waals surface area contributed by atoms with E-state index >= 15 is 0 Å². The molecule has 0 spiro atoms. The van der Waals surface area contributed by atoms with Gasteiger partial charge in [-0.2, -0.15) is 0 Å². The molecule has 0 N–H and O–H groups in total. The summed E-state index contributed by atoms with van der Waals surface area (Å²) in [6.07, 6.45) is 72.0. The number of hydrogen-bond donors (Lipinski definition) is 0. The van der Waals surface area contributed by atoms with Gasteiger partial charge in [0, 0.05) is 19.3 Å². The standard InChI is InChI=1S/C59H94O6/c1-4-7-10-13-16-19-22-25-26-27-28-29-30-31-32-35-37-40-43-46-49-52-58(61)64-55-56(65-59(62)53-50-47-44-41-38-34-24-21-18-15-12-9-6-3)54-63-57(60)51-48-45-42-39-36-33-23-20-17-14-11-8-5-2/h7,9-12,14,16,18-21,23,25-26,28-29,34,38,44,47,56H,4-6,8,13,15,17,22,24,27,30-33,35-37,39-43,45-46,48-55H2,1-3H3/b10-7-,12-9-,14-11-,19-16-,21-18-,23-20-,26-25-,29-28-,38-34-,47-44-. The quantitative estimate of drug-likeness (QED) is 0.0262. The summed E-state index contributed by atoms with van der Waals surface area (Å²) in [6, 6.07) is 0. The lowest BCUT2D eigenvalue weighted by Crippen LogP contribution is -2.30. The molecule has 6 nitrogen and oxygen atoms in total. The molecule has 0 aromatic rings. The van der Waals surface area contributed by atoms with E-state index in [0.29, 0.717) is 19.3 Å². The maximum atomic E-state index is 12.7. The Morgan fingerprint density at radius 3 is 1.00 bits per heavy atom. The highest BCUT2D eigenvalue weighted by molar-refractivity contribution is 5.71. The van der Waals surface area contributed by atoms with Crippen LogP contribution in [0.2, 0.25) is 0 Å². The van der Waals surface area contributed by atoms with Crippen LogP contribution in [0.3, 0.4) is 0 Å². The third kappa shape index (κ3) is 50.7. The molecular formula is C59H94O6. The molecule has 0 amide bonds. The van der Waals surface area contributed by atoms with Crippen LogP contribution in [-0.2, 0) is 28.6 Å². The molecule has 366 valence electrons. The first-order valence-corrected chi connectivity index (χ1v) is 26.0. The average Bonchev–Trinajstić information content (AvgIpc) is 3.30. The third-order valence-electron chi connectivity index (χ3n) is 10.4. The van der Waals surface area contributed by atoms with E-state index in [1.54, 1.807) is 0 Å². The normalized spacial score (nSPS) is 13.1. The molecule has 0 aromatic carbocycles. The van der Waals surface area contributed by atoms with Crippen molar-refractivity contribution in [2.24, 2.45) is 0 Å². The largest absolute Gasteiger partial charge is 0.462 e. The Morgan fingerprint density at radius 1 is 0.323 bits per heavy atom. The summed E-state index contributed by atoms with van der Waals surface area (Å²) in [6.45, 7) is 6.24. The molecular weight excluding hydrogens is 805 g/mol. The maximum absolute atomic E-state index is 12.7. The SMILES string of the molecule is CC/C=C\C/C=C\C/C=C\C/C=C\CCCCCCCCCCC(=O)OCC(COC(=O)CCCCCCC/C=C\C/C=C\CCC)OC(=O)CC/C=C\C/C=C\C/C=C\C/C=C\CC. The van der Waals surface area contributed by atoms with E-state index in [1.807, 2.05) is 12.2 Å². The van der Waals surface area contributed by atoms with Crippen molar-refractivity contribution in [2.75, 3.05) is 13.2 Å². The molecule has 0 aliphatic heterocycles. The number of hydrogen-bond acceptors (Lipinski definition) is 6. The minimum atomic E-state index is -0.828. The number of ether oxygens (including phenoxy) is 3. The second kappa shape index (κ2) is 52.4. The van der Waals surface area contributed by atoms with E-state index in [2.05, 4.69) is 130 Å². The molecule has 1 unspecified atom stereocenters. The van der Waals surface area contributed by atoms with Crippen LogP contribution in [0.5, 0.6) is 0 Å². The molecule has 0 heterocycles. The Kier molecular flexibility index (Phi) is 49.1. The molecule has 0 bridgehead atoms. The van der Waals surface area contributed by atoms with Crippen LogP contribution in [-0.4, -0.2) is 37.2 Å². The molecule has 1 atom stereocenters. The van der Waals surface area contributed by atoms with Crippen LogP contribution in [0.4, 0.5) is 0 Å². The fourth-order valence-electron chi connectivity index (χ4n) is 6.60. The van der Waals surface area contributed by atoms with Crippen LogP contribution < -0.4 is 0 Å². The van der Waals surface area contributed by atoms with Crippen molar-refractivity contribution in [1.29, 1.82) is 0 Å². The lowest BCUT2D eigenvalue weighted by Gasteiger charge is -2.18. The molecule has 0 aliphatic carbocycles. The average molecular weight is 899 g/mol. The van der Waals surface area contributed by atoms with Gasteiger partial charge in [0.1, 0.15) is 13.2 Å². The van der Waals surface area contributed by atoms with Gasteiger partial charge in [0.15, 0.2) is 6.10 Å². The number of esters is 3. The fraction of sp³-hybridized carbons (Fsp3) is 0.610. The number of unbranched alkanes of at least 4 members (excludes halogenated alkanes) is 14. The summed E-state index contributed by atoms with van der Waals surface area (Å²) >= 11 is 0. The molecule has 0 fully saturated rings. The Labute approximate surface area is 399 Å². The van der Waals surface area contributed by atoms with Crippen LogP contribution >= 0.6 is 0 Å². The van der Waals surface area contributed by atoms with Gasteiger partial charge in [0.2, 0.25) is 0 Å². The van der Waals surface area contributed by atoms with E-state index in [0.717, 1.165) is 128 Å². The van der Waals surface area contributed by atoms with E-state index in [1.165, 1.54) is 38.5 Å². The van der Waals surface area contributed by atoms with Crippen molar-refractivity contribution in [3.63, 3.8) is 0 Å². The summed E-state index contributed by atoms with van der Waals surface area (Å²) in [5.74, 6) is -1.03. The van der Waals surface area contributed by atoms with E-state index in [-0.39, 0.29) is 31.6 Å². The van der Waals surface area contributed by atoms with E-state index in [4.69, 9.17) is 14.2 Å². The Bertz CT molecular complexity index is 1400. The Hall–Kier alpha value is -4.19. The highest BCUT2D eigenvalue weighted by Crippen LogP contribution is 2.13. The first-order valence-electron chi connectivity index (χ1n) is 26.0. The van der Waals surface area contributed by atoms with E-state index in [9.17, 15) is 14.4 Å². The Balaban J connectivity index is 4.45. The Morgan fingerprint density at radius 2 is 0.631 bits per heavy atom. The van der Waals surface area contributed by atoms with Crippen LogP contribution in [0.1, 0.15) is 213 Å². The van der Waals surface area contributed by atoms with Gasteiger partial charge in [0.25, 0.3) is 0 Å². The third-order valence-corrected chi connectivity index (χ3v) is 10.4. The van der Waals surface area contributed by atoms with Gasteiger partial charge >= 0.3 is 17.9 Å². The van der Waals surface area contributed by atoms with Gasteiger partial charge in [-0.15, -0.1) is 0 Å². The number of rotatable bonds is 45. The van der Waals surface area contributed by atoms with Crippen LogP contribution in [0.25, 0.3) is 0 Å². The van der Waals surface area contributed by atoms with Gasteiger partial charge in [0.05, 0.1) is 0 Å². The smallest absolute Gasteiger partial charge is 0.306 e. The summed E-state index contributed by atoms with van der Waals surface area (Å²) in [7, 11) is 0. The van der Waals surface area contributed by atoms with Gasteiger partial charge in [-0.25, -0.2) is 0 Å².